The van der Waals surface area contributed by atoms with E-state index in [9.17, 15) is 4.79 Å². The average molecular weight is 271 g/mol. The zero-order valence-electron chi connectivity index (χ0n) is 11.5. The molecular formula is C15H17N3O2. The normalized spacial score (nSPS) is 10.1. The maximum atomic E-state index is 11.8. The van der Waals surface area contributed by atoms with E-state index in [0.717, 1.165) is 11.3 Å². The first-order chi connectivity index (χ1) is 9.56. The lowest BCUT2D eigenvalue weighted by Crippen LogP contribution is -2.22. The van der Waals surface area contributed by atoms with E-state index in [4.69, 9.17) is 10.5 Å². The Hall–Kier alpha value is -2.56. The summed E-state index contributed by atoms with van der Waals surface area (Å²) in [6, 6.07) is 10.8. The second-order valence-corrected chi connectivity index (χ2v) is 4.61. The van der Waals surface area contributed by atoms with E-state index in [0.29, 0.717) is 18.1 Å². The fourth-order valence-corrected chi connectivity index (χ4v) is 1.63. The van der Waals surface area contributed by atoms with Gasteiger partial charge in [0.05, 0.1) is 0 Å². The maximum absolute atomic E-state index is 11.8. The van der Waals surface area contributed by atoms with Crippen molar-refractivity contribution >= 4 is 11.6 Å². The van der Waals surface area contributed by atoms with Crippen LogP contribution in [0, 0.1) is 0 Å². The minimum absolute atomic E-state index is 0.150. The van der Waals surface area contributed by atoms with Crippen molar-refractivity contribution in [1.82, 2.24) is 9.88 Å². The molecule has 20 heavy (non-hydrogen) atoms. The molecule has 1 aromatic carbocycles. The highest BCUT2D eigenvalue weighted by Crippen LogP contribution is 2.15. The molecule has 0 spiro atoms. The van der Waals surface area contributed by atoms with Crippen molar-refractivity contribution in [3.05, 3.63) is 53.9 Å². The molecule has 104 valence electrons. The van der Waals surface area contributed by atoms with Crippen LogP contribution in [0.2, 0.25) is 0 Å². The van der Waals surface area contributed by atoms with Crippen LogP contribution in [0.3, 0.4) is 0 Å². The van der Waals surface area contributed by atoms with E-state index in [1.54, 1.807) is 32.4 Å². The van der Waals surface area contributed by atoms with Crippen LogP contribution in [0.5, 0.6) is 5.75 Å². The molecule has 0 radical (unpaired) electrons. The number of amides is 1. The predicted molar refractivity (Wildman–Crippen MR) is 77.4 cm³/mol. The number of nitrogens with zero attached hydrogens (tertiary/aromatic N) is 2. The summed E-state index contributed by atoms with van der Waals surface area (Å²) in [6.45, 7) is 0.417. The Labute approximate surface area is 118 Å². The van der Waals surface area contributed by atoms with Gasteiger partial charge in [-0.25, -0.2) is 0 Å². The molecule has 0 aliphatic heterocycles. The molecule has 2 N–H and O–H groups in total. The Morgan fingerprint density at radius 2 is 1.95 bits per heavy atom. The minimum Gasteiger partial charge on any atom is -0.489 e. The van der Waals surface area contributed by atoms with Crippen LogP contribution >= 0.6 is 0 Å². The summed E-state index contributed by atoms with van der Waals surface area (Å²) in [6.07, 6.45) is 1.56. The first-order valence-corrected chi connectivity index (χ1v) is 6.21. The molecule has 1 aromatic heterocycles. The van der Waals surface area contributed by atoms with Gasteiger partial charge in [0.2, 0.25) is 0 Å². The van der Waals surface area contributed by atoms with E-state index in [-0.39, 0.29) is 5.91 Å². The molecule has 0 atom stereocenters. The number of nitrogens with two attached hydrogens (primary N) is 1. The van der Waals surface area contributed by atoms with Gasteiger partial charge >= 0.3 is 0 Å². The summed E-state index contributed by atoms with van der Waals surface area (Å²) in [5.74, 6) is 0.463. The number of rotatable bonds is 4. The molecule has 0 bridgehead atoms. The van der Waals surface area contributed by atoms with E-state index in [1.165, 1.54) is 4.90 Å². The molecule has 1 heterocycles. The lowest BCUT2D eigenvalue weighted by Gasteiger charge is -2.11. The minimum atomic E-state index is -0.150. The Bertz CT molecular complexity index is 594. The smallest absolute Gasteiger partial charge is 0.272 e. The van der Waals surface area contributed by atoms with Crippen molar-refractivity contribution in [3.63, 3.8) is 0 Å². The lowest BCUT2D eigenvalue weighted by molar-refractivity contribution is 0.0821. The molecule has 0 fully saturated rings. The van der Waals surface area contributed by atoms with Crippen LogP contribution in [-0.4, -0.2) is 29.9 Å². The molecule has 0 saturated heterocycles. The van der Waals surface area contributed by atoms with E-state index >= 15 is 0 Å². The highest BCUT2D eigenvalue weighted by molar-refractivity contribution is 5.92. The van der Waals surface area contributed by atoms with Gasteiger partial charge in [0.25, 0.3) is 5.91 Å². The van der Waals surface area contributed by atoms with Gasteiger partial charge < -0.3 is 15.4 Å². The molecule has 0 unspecified atom stereocenters. The van der Waals surface area contributed by atoms with Gasteiger partial charge in [0.1, 0.15) is 18.1 Å². The first kappa shape index (κ1) is 13.9. The maximum Gasteiger partial charge on any atom is 0.272 e. The van der Waals surface area contributed by atoms with Crippen LogP contribution in [0.15, 0.2) is 42.6 Å². The number of ether oxygens (including phenoxy) is 1. The van der Waals surface area contributed by atoms with Gasteiger partial charge in [0, 0.05) is 32.0 Å². The summed E-state index contributed by atoms with van der Waals surface area (Å²) in [5.41, 5.74) is 7.72. The summed E-state index contributed by atoms with van der Waals surface area (Å²) in [5, 5.41) is 0. The molecule has 0 aliphatic carbocycles. The number of carbonyl (C=O) groups excluding carboxylic acids is 1. The number of aromatic nitrogens is 1. The standard InChI is InChI=1S/C15H17N3O2/c1-18(2)15(19)14-9-13(7-8-17-14)20-10-11-3-5-12(16)6-4-11/h3-9H,10,16H2,1-2H3. The van der Waals surface area contributed by atoms with Crippen molar-refractivity contribution < 1.29 is 9.53 Å². The average Bonchev–Trinajstić information content (AvgIpc) is 2.46. The first-order valence-electron chi connectivity index (χ1n) is 6.21. The molecule has 1 amide bonds. The largest absolute Gasteiger partial charge is 0.489 e. The molecule has 5 nitrogen and oxygen atoms in total. The quantitative estimate of drug-likeness (QED) is 0.863. The Balaban J connectivity index is 2.05. The lowest BCUT2D eigenvalue weighted by atomic mass is 10.2. The third kappa shape index (κ3) is 3.47. The molecule has 0 saturated carbocycles. The monoisotopic (exact) mass is 271 g/mol. The van der Waals surface area contributed by atoms with Gasteiger partial charge in [-0.2, -0.15) is 0 Å². The van der Waals surface area contributed by atoms with Gasteiger partial charge in [-0.05, 0) is 23.8 Å². The van der Waals surface area contributed by atoms with Crippen LogP contribution in [-0.2, 0) is 6.61 Å². The Kier molecular flexibility index (Phi) is 4.20. The fourth-order valence-electron chi connectivity index (χ4n) is 1.63. The molecule has 5 heteroatoms. The van der Waals surface area contributed by atoms with Crippen LogP contribution in [0.25, 0.3) is 0 Å². The molecule has 0 aliphatic rings. The predicted octanol–water partition coefficient (Wildman–Crippen LogP) is 1.94. The number of anilines is 1. The number of nitrogen functional groups attached to an aromatic ring is 1. The third-order valence-corrected chi connectivity index (χ3v) is 2.74. The third-order valence-electron chi connectivity index (χ3n) is 2.74. The highest BCUT2D eigenvalue weighted by Gasteiger charge is 2.10. The van der Waals surface area contributed by atoms with E-state index in [1.807, 2.05) is 24.3 Å². The Morgan fingerprint density at radius 3 is 2.60 bits per heavy atom. The topological polar surface area (TPSA) is 68.5 Å². The summed E-state index contributed by atoms with van der Waals surface area (Å²) >= 11 is 0. The number of hydrogen-bond donors (Lipinski definition) is 1. The summed E-state index contributed by atoms with van der Waals surface area (Å²) < 4.78 is 5.65. The van der Waals surface area contributed by atoms with Crippen LogP contribution < -0.4 is 10.5 Å². The summed E-state index contributed by atoms with van der Waals surface area (Å²) in [7, 11) is 3.37. The Morgan fingerprint density at radius 1 is 1.25 bits per heavy atom. The highest BCUT2D eigenvalue weighted by atomic mass is 16.5. The van der Waals surface area contributed by atoms with Crippen molar-refractivity contribution in [2.24, 2.45) is 0 Å². The van der Waals surface area contributed by atoms with Gasteiger partial charge in [-0.1, -0.05) is 12.1 Å². The van der Waals surface area contributed by atoms with Crippen molar-refractivity contribution in [1.29, 1.82) is 0 Å². The number of hydrogen-bond acceptors (Lipinski definition) is 4. The van der Waals surface area contributed by atoms with E-state index in [2.05, 4.69) is 4.98 Å². The van der Waals surface area contributed by atoms with Gasteiger partial charge in [0.15, 0.2) is 0 Å². The second kappa shape index (κ2) is 6.06. The van der Waals surface area contributed by atoms with Crippen molar-refractivity contribution in [3.8, 4) is 5.75 Å². The zero-order chi connectivity index (χ0) is 14.5. The van der Waals surface area contributed by atoms with Crippen molar-refractivity contribution in [2.45, 2.75) is 6.61 Å². The fraction of sp³-hybridized carbons (Fsp3) is 0.200. The number of pyridine rings is 1. The zero-order valence-corrected chi connectivity index (χ0v) is 11.5. The van der Waals surface area contributed by atoms with Gasteiger partial charge in [-0.3, -0.25) is 9.78 Å². The number of carbonyl (C=O) groups is 1. The SMILES string of the molecule is CN(C)C(=O)c1cc(OCc2ccc(N)cc2)ccn1. The van der Waals surface area contributed by atoms with E-state index < -0.39 is 0 Å². The molecular weight excluding hydrogens is 254 g/mol. The number of benzene rings is 1. The van der Waals surface area contributed by atoms with Crippen LogP contribution in [0.1, 0.15) is 16.1 Å². The van der Waals surface area contributed by atoms with Crippen LogP contribution in [0.4, 0.5) is 5.69 Å². The summed E-state index contributed by atoms with van der Waals surface area (Å²) in [4.78, 5) is 17.3. The molecule has 2 rings (SSSR count). The van der Waals surface area contributed by atoms with Crippen molar-refractivity contribution in [2.75, 3.05) is 19.8 Å². The van der Waals surface area contributed by atoms with Gasteiger partial charge in [-0.15, -0.1) is 0 Å². The second-order valence-electron chi connectivity index (χ2n) is 4.61. The molecule has 2 aromatic rings.